The second-order valence-corrected chi connectivity index (χ2v) is 9.13. The number of thioether (sulfide) groups is 1. The van der Waals surface area contributed by atoms with E-state index >= 15 is 0 Å². The van der Waals surface area contributed by atoms with Crippen molar-refractivity contribution in [3.05, 3.63) is 63.9 Å². The molecule has 0 bridgehead atoms. The molecule has 0 aliphatic rings. The van der Waals surface area contributed by atoms with E-state index in [1.54, 1.807) is 29.8 Å². The molecule has 0 radical (unpaired) electrons. The lowest BCUT2D eigenvalue weighted by Crippen LogP contribution is -2.17. The highest BCUT2D eigenvalue weighted by atomic mass is 35.5. The maximum Gasteiger partial charge on any atom is 0.234 e. The Morgan fingerprint density at radius 2 is 1.75 bits per heavy atom. The molecule has 1 heterocycles. The Kier molecular flexibility index (Phi) is 8.17. The molecule has 0 atom stereocenters. The molecule has 10 heteroatoms. The fourth-order valence-corrected chi connectivity index (χ4v) is 3.92. The number of nitrogens with zero attached hydrogens (tertiary/aromatic N) is 3. The number of nitrogens with one attached hydrogen (secondary N) is 2. The topological polar surface area (TPSA) is 88.9 Å². The molecule has 0 aliphatic heterocycles. The minimum absolute atomic E-state index is 0.00129. The van der Waals surface area contributed by atoms with Crippen molar-refractivity contribution >= 4 is 58.2 Å². The van der Waals surface area contributed by atoms with Gasteiger partial charge < -0.3 is 15.2 Å². The molecule has 0 saturated heterocycles. The highest BCUT2D eigenvalue weighted by Gasteiger charge is 2.16. The zero-order valence-electron chi connectivity index (χ0n) is 17.9. The van der Waals surface area contributed by atoms with E-state index in [4.69, 9.17) is 23.2 Å². The third-order valence-corrected chi connectivity index (χ3v) is 6.50. The molecule has 3 rings (SSSR count). The van der Waals surface area contributed by atoms with E-state index in [0.29, 0.717) is 27.6 Å². The Bertz CT molecular complexity index is 1120. The number of hydrogen-bond donors (Lipinski definition) is 2. The predicted molar refractivity (Wildman–Crippen MR) is 130 cm³/mol. The maximum atomic E-state index is 12.4. The van der Waals surface area contributed by atoms with Crippen LogP contribution < -0.4 is 10.6 Å². The summed E-state index contributed by atoms with van der Waals surface area (Å²) in [5.41, 5.74) is 2.39. The van der Waals surface area contributed by atoms with Gasteiger partial charge in [0.05, 0.1) is 27.9 Å². The molecule has 7 nitrogen and oxygen atoms in total. The van der Waals surface area contributed by atoms with Gasteiger partial charge in [-0.05, 0) is 35.7 Å². The summed E-state index contributed by atoms with van der Waals surface area (Å²) in [4.78, 5) is 24.7. The van der Waals surface area contributed by atoms with E-state index in [2.05, 4.69) is 34.7 Å². The summed E-state index contributed by atoms with van der Waals surface area (Å²) in [6, 6.07) is 12.8. The molecule has 0 fully saturated rings. The molecule has 0 saturated carbocycles. The van der Waals surface area contributed by atoms with E-state index in [-0.39, 0.29) is 29.0 Å². The van der Waals surface area contributed by atoms with Crippen molar-refractivity contribution < 1.29 is 9.59 Å². The van der Waals surface area contributed by atoms with E-state index in [1.807, 2.05) is 24.3 Å². The second-order valence-electron chi connectivity index (χ2n) is 7.40. The number of carbonyl (C=O) groups excluding carboxylic acids is 2. The first-order valence-electron chi connectivity index (χ1n) is 9.89. The normalized spacial score (nSPS) is 10.9. The van der Waals surface area contributed by atoms with Gasteiger partial charge in [0.15, 0.2) is 5.16 Å². The van der Waals surface area contributed by atoms with E-state index in [0.717, 1.165) is 5.69 Å². The largest absolute Gasteiger partial charge is 0.325 e. The molecule has 0 spiro atoms. The van der Waals surface area contributed by atoms with Crippen molar-refractivity contribution in [2.45, 2.75) is 31.3 Å². The SMILES string of the molecule is CC(C)c1ccc(NC(=O)CSc2nnc(CC(=O)Nc3cccc(Cl)c3Cl)n2C)cc1. The van der Waals surface area contributed by atoms with Crippen molar-refractivity contribution in [1.82, 2.24) is 14.8 Å². The molecule has 2 N–H and O–H groups in total. The van der Waals surface area contributed by atoms with Crippen LogP contribution in [0.25, 0.3) is 0 Å². The quantitative estimate of drug-likeness (QED) is 0.424. The zero-order chi connectivity index (χ0) is 23.3. The first kappa shape index (κ1) is 24.1. The zero-order valence-corrected chi connectivity index (χ0v) is 20.2. The molecule has 168 valence electrons. The molecule has 3 aromatic rings. The van der Waals surface area contributed by atoms with Crippen LogP contribution in [0.5, 0.6) is 0 Å². The van der Waals surface area contributed by atoms with Gasteiger partial charge in [-0.3, -0.25) is 9.59 Å². The Hall–Kier alpha value is -2.55. The Morgan fingerprint density at radius 3 is 2.44 bits per heavy atom. The van der Waals surface area contributed by atoms with E-state index in [1.165, 1.54) is 17.3 Å². The van der Waals surface area contributed by atoms with Crippen LogP contribution in [0.1, 0.15) is 31.2 Å². The predicted octanol–water partition coefficient (Wildman–Crippen LogP) is 5.16. The third kappa shape index (κ3) is 6.25. The van der Waals surface area contributed by atoms with Crippen LogP contribution in [0, 0.1) is 0 Å². The Labute approximate surface area is 200 Å². The summed E-state index contributed by atoms with van der Waals surface area (Å²) >= 11 is 13.3. The summed E-state index contributed by atoms with van der Waals surface area (Å²) in [7, 11) is 1.75. The van der Waals surface area contributed by atoms with E-state index < -0.39 is 0 Å². The third-order valence-electron chi connectivity index (χ3n) is 4.66. The molecular formula is C22H23Cl2N5O2S. The summed E-state index contributed by atoms with van der Waals surface area (Å²) in [5, 5.41) is 14.9. The van der Waals surface area contributed by atoms with Gasteiger partial charge in [0, 0.05) is 12.7 Å². The van der Waals surface area contributed by atoms with Gasteiger partial charge in [0.1, 0.15) is 5.82 Å². The van der Waals surface area contributed by atoms with Crippen LogP contribution in [0.3, 0.4) is 0 Å². The van der Waals surface area contributed by atoms with E-state index in [9.17, 15) is 9.59 Å². The number of anilines is 2. The Balaban J connectivity index is 1.53. The molecule has 2 amide bonds. The maximum absolute atomic E-state index is 12.4. The summed E-state index contributed by atoms with van der Waals surface area (Å²) in [6.07, 6.45) is 0.00129. The smallest absolute Gasteiger partial charge is 0.234 e. The van der Waals surface area contributed by atoms with Gasteiger partial charge in [-0.2, -0.15) is 0 Å². The van der Waals surface area contributed by atoms with Gasteiger partial charge in [0.2, 0.25) is 11.8 Å². The van der Waals surface area contributed by atoms with Crippen LogP contribution in [0.4, 0.5) is 11.4 Å². The first-order valence-corrected chi connectivity index (χ1v) is 11.6. The van der Waals surface area contributed by atoms with Gasteiger partial charge in [-0.25, -0.2) is 0 Å². The molecule has 2 aromatic carbocycles. The van der Waals surface area contributed by atoms with Crippen LogP contribution in [0.15, 0.2) is 47.6 Å². The standard InChI is InChI=1S/C22H23Cl2N5O2S/c1-13(2)14-7-9-15(10-8-14)25-20(31)12-32-22-28-27-18(29(22)3)11-19(30)26-17-6-4-5-16(23)21(17)24/h4-10,13H,11-12H2,1-3H3,(H,25,31)(H,26,30). The number of hydrogen-bond acceptors (Lipinski definition) is 5. The Morgan fingerprint density at radius 1 is 1.03 bits per heavy atom. The van der Waals surface area contributed by atoms with Crippen molar-refractivity contribution in [3.8, 4) is 0 Å². The fourth-order valence-electron chi connectivity index (χ4n) is 2.84. The number of aromatic nitrogens is 3. The van der Waals surface area contributed by atoms with Crippen LogP contribution in [-0.2, 0) is 23.1 Å². The van der Waals surface area contributed by atoms with Crippen molar-refractivity contribution in [1.29, 1.82) is 0 Å². The molecule has 1 aromatic heterocycles. The summed E-state index contributed by atoms with van der Waals surface area (Å²) in [6.45, 7) is 4.24. The lowest BCUT2D eigenvalue weighted by atomic mass is 10.0. The van der Waals surface area contributed by atoms with Crippen molar-refractivity contribution in [3.63, 3.8) is 0 Å². The second kappa shape index (κ2) is 10.8. The first-order chi connectivity index (χ1) is 15.2. The van der Waals surface area contributed by atoms with Crippen LogP contribution in [0.2, 0.25) is 10.0 Å². The number of rotatable bonds is 8. The molecule has 0 aliphatic carbocycles. The van der Waals surface area contributed by atoms with Crippen molar-refractivity contribution in [2.75, 3.05) is 16.4 Å². The summed E-state index contributed by atoms with van der Waals surface area (Å²) in [5.74, 6) is 0.620. The fraction of sp³-hybridized carbons (Fsp3) is 0.273. The highest BCUT2D eigenvalue weighted by molar-refractivity contribution is 7.99. The minimum Gasteiger partial charge on any atom is -0.325 e. The van der Waals surface area contributed by atoms with Gasteiger partial charge in [-0.1, -0.05) is 67.0 Å². The van der Waals surface area contributed by atoms with Gasteiger partial charge in [0.25, 0.3) is 0 Å². The lowest BCUT2D eigenvalue weighted by Gasteiger charge is -2.09. The van der Waals surface area contributed by atoms with Gasteiger partial charge >= 0.3 is 0 Å². The average molecular weight is 492 g/mol. The van der Waals surface area contributed by atoms with Crippen LogP contribution >= 0.6 is 35.0 Å². The average Bonchev–Trinajstić information content (AvgIpc) is 3.09. The monoisotopic (exact) mass is 491 g/mol. The molecular weight excluding hydrogens is 469 g/mol. The number of halogens is 2. The van der Waals surface area contributed by atoms with Crippen molar-refractivity contribution in [2.24, 2.45) is 7.05 Å². The lowest BCUT2D eigenvalue weighted by molar-refractivity contribution is -0.116. The van der Waals surface area contributed by atoms with Crippen LogP contribution in [-0.4, -0.2) is 32.3 Å². The summed E-state index contributed by atoms with van der Waals surface area (Å²) < 4.78 is 1.69. The highest BCUT2D eigenvalue weighted by Crippen LogP contribution is 2.29. The minimum atomic E-state index is -0.302. The number of carbonyl (C=O) groups is 2. The molecule has 0 unspecified atom stereocenters. The molecule has 32 heavy (non-hydrogen) atoms. The number of benzene rings is 2. The number of amides is 2. The van der Waals surface area contributed by atoms with Gasteiger partial charge in [-0.15, -0.1) is 10.2 Å².